The molecule has 18 heavy (non-hydrogen) atoms. The third-order valence-electron chi connectivity index (χ3n) is 3.33. The molecule has 98 valence electrons. The largest absolute Gasteiger partial charge is 0.385 e. The Labute approximate surface area is 108 Å². The van der Waals surface area contributed by atoms with Crippen LogP contribution >= 0.6 is 0 Å². The normalized spacial score (nSPS) is 15.8. The molecule has 3 N–H and O–H groups in total. The van der Waals surface area contributed by atoms with Crippen LogP contribution in [0.5, 0.6) is 0 Å². The smallest absolute Gasteiger partial charge is 0.248 e. The van der Waals surface area contributed by atoms with Crippen LogP contribution in [0.15, 0.2) is 24.3 Å². The van der Waals surface area contributed by atoms with E-state index in [-0.39, 0.29) is 5.91 Å². The highest BCUT2D eigenvalue weighted by Crippen LogP contribution is 2.11. The summed E-state index contributed by atoms with van der Waals surface area (Å²) in [4.78, 5) is 13.5. The Morgan fingerprint density at radius 1 is 1.33 bits per heavy atom. The van der Waals surface area contributed by atoms with Crippen molar-refractivity contribution in [3.63, 3.8) is 0 Å². The zero-order chi connectivity index (χ0) is 12.8. The van der Waals surface area contributed by atoms with Crippen LogP contribution in [0.2, 0.25) is 0 Å². The lowest BCUT2D eigenvalue weighted by molar-refractivity contribution is 0.100. The Kier molecular flexibility index (Phi) is 4.59. The second-order valence-corrected chi connectivity index (χ2v) is 4.77. The standard InChI is InChI=1S/C14H21N3O/c15-14(18)12-5-3-6-13(11-12)16-7-4-10-17-8-1-2-9-17/h3,5-6,11,16H,1-2,4,7-10H2,(H2,15,18). The molecule has 0 saturated carbocycles. The molecule has 0 aromatic heterocycles. The molecule has 1 aromatic carbocycles. The van der Waals surface area contributed by atoms with Gasteiger partial charge in [-0.05, 0) is 57.1 Å². The summed E-state index contributed by atoms with van der Waals surface area (Å²) in [7, 11) is 0. The minimum atomic E-state index is -0.379. The number of rotatable bonds is 6. The van der Waals surface area contributed by atoms with Crippen LogP contribution in [-0.4, -0.2) is 37.0 Å². The van der Waals surface area contributed by atoms with E-state index in [1.165, 1.54) is 25.9 Å². The fourth-order valence-corrected chi connectivity index (χ4v) is 2.32. The first-order chi connectivity index (χ1) is 8.75. The molecule has 0 radical (unpaired) electrons. The first kappa shape index (κ1) is 12.9. The van der Waals surface area contributed by atoms with Crippen molar-refractivity contribution < 1.29 is 4.79 Å². The molecule has 1 amide bonds. The third-order valence-corrected chi connectivity index (χ3v) is 3.33. The predicted octanol–water partition coefficient (Wildman–Crippen LogP) is 1.68. The monoisotopic (exact) mass is 247 g/mol. The predicted molar refractivity (Wildman–Crippen MR) is 73.7 cm³/mol. The summed E-state index contributed by atoms with van der Waals surface area (Å²) in [5, 5.41) is 3.33. The molecule has 2 rings (SSSR count). The number of nitrogens with zero attached hydrogens (tertiary/aromatic N) is 1. The first-order valence-corrected chi connectivity index (χ1v) is 6.62. The number of hydrogen-bond acceptors (Lipinski definition) is 3. The second-order valence-electron chi connectivity index (χ2n) is 4.77. The second kappa shape index (κ2) is 6.40. The number of carbonyl (C=O) groups excluding carboxylic acids is 1. The molecule has 1 fully saturated rings. The molecule has 1 saturated heterocycles. The van der Waals surface area contributed by atoms with Crippen molar-refractivity contribution in [2.75, 3.05) is 31.5 Å². The van der Waals surface area contributed by atoms with Gasteiger partial charge in [-0.2, -0.15) is 0 Å². The minimum absolute atomic E-state index is 0.379. The molecule has 1 heterocycles. The van der Waals surface area contributed by atoms with Gasteiger partial charge in [0.1, 0.15) is 0 Å². The van der Waals surface area contributed by atoms with Crippen molar-refractivity contribution in [1.29, 1.82) is 0 Å². The van der Waals surface area contributed by atoms with Crippen LogP contribution in [0.1, 0.15) is 29.6 Å². The van der Waals surface area contributed by atoms with Crippen LogP contribution in [0.4, 0.5) is 5.69 Å². The topological polar surface area (TPSA) is 58.4 Å². The Morgan fingerprint density at radius 3 is 2.83 bits per heavy atom. The van der Waals surface area contributed by atoms with Gasteiger partial charge in [0, 0.05) is 17.8 Å². The fraction of sp³-hybridized carbons (Fsp3) is 0.500. The van der Waals surface area contributed by atoms with Gasteiger partial charge in [-0.3, -0.25) is 4.79 Å². The third kappa shape index (κ3) is 3.74. The van der Waals surface area contributed by atoms with Gasteiger partial charge in [-0.1, -0.05) is 6.07 Å². The van der Waals surface area contributed by atoms with Crippen molar-refractivity contribution in [1.82, 2.24) is 4.90 Å². The average Bonchev–Trinajstić information content (AvgIpc) is 2.88. The van der Waals surface area contributed by atoms with Crippen LogP contribution in [0.3, 0.4) is 0 Å². The Balaban J connectivity index is 1.72. The van der Waals surface area contributed by atoms with Crippen LogP contribution in [0.25, 0.3) is 0 Å². The van der Waals surface area contributed by atoms with Crippen LogP contribution in [0, 0.1) is 0 Å². The van der Waals surface area contributed by atoms with Crippen molar-refractivity contribution in [3.05, 3.63) is 29.8 Å². The Bertz CT molecular complexity index is 400. The highest BCUT2D eigenvalue weighted by molar-refractivity contribution is 5.93. The molecular weight excluding hydrogens is 226 g/mol. The molecule has 0 aliphatic carbocycles. The van der Waals surface area contributed by atoms with Gasteiger partial charge in [-0.15, -0.1) is 0 Å². The molecule has 1 aliphatic heterocycles. The Morgan fingerprint density at radius 2 is 2.11 bits per heavy atom. The molecule has 0 unspecified atom stereocenters. The van der Waals surface area contributed by atoms with Crippen molar-refractivity contribution in [2.24, 2.45) is 5.73 Å². The zero-order valence-electron chi connectivity index (χ0n) is 10.7. The number of anilines is 1. The maximum atomic E-state index is 11.0. The number of nitrogens with one attached hydrogen (secondary N) is 1. The number of benzene rings is 1. The molecular formula is C14H21N3O. The SMILES string of the molecule is NC(=O)c1cccc(NCCCN2CCCC2)c1. The summed E-state index contributed by atoms with van der Waals surface area (Å²) in [5.41, 5.74) is 6.77. The number of primary amides is 1. The van der Waals surface area contributed by atoms with E-state index >= 15 is 0 Å². The van der Waals surface area contributed by atoms with E-state index in [2.05, 4.69) is 10.2 Å². The fourth-order valence-electron chi connectivity index (χ4n) is 2.32. The molecule has 1 aliphatic rings. The molecule has 0 spiro atoms. The molecule has 0 atom stereocenters. The van der Waals surface area contributed by atoms with Gasteiger partial charge in [0.15, 0.2) is 0 Å². The highest BCUT2D eigenvalue weighted by atomic mass is 16.1. The number of amides is 1. The zero-order valence-corrected chi connectivity index (χ0v) is 10.7. The first-order valence-electron chi connectivity index (χ1n) is 6.62. The maximum Gasteiger partial charge on any atom is 0.248 e. The van der Waals surface area contributed by atoms with E-state index in [1.807, 2.05) is 12.1 Å². The summed E-state index contributed by atoms with van der Waals surface area (Å²) in [6.45, 7) is 4.58. The number of carbonyl (C=O) groups is 1. The average molecular weight is 247 g/mol. The lowest BCUT2D eigenvalue weighted by Gasteiger charge is -2.14. The van der Waals surface area contributed by atoms with E-state index in [1.54, 1.807) is 12.1 Å². The summed E-state index contributed by atoms with van der Waals surface area (Å²) >= 11 is 0. The quantitative estimate of drug-likeness (QED) is 0.752. The van der Waals surface area contributed by atoms with Gasteiger partial charge in [-0.25, -0.2) is 0 Å². The Hall–Kier alpha value is -1.55. The van der Waals surface area contributed by atoms with Crippen molar-refractivity contribution in [3.8, 4) is 0 Å². The van der Waals surface area contributed by atoms with E-state index in [0.717, 1.165) is 25.2 Å². The van der Waals surface area contributed by atoms with Crippen LogP contribution < -0.4 is 11.1 Å². The van der Waals surface area contributed by atoms with Gasteiger partial charge in [0.05, 0.1) is 0 Å². The summed E-state index contributed by atoms with van der Waals surface area (Å²) < 4.78 is 0. The van der Waals surface area contributed by atoms with E-state index < -0.39 is 0 Å². The van der Waals surface area contributed by atoms with E-state index in [9.17, 15) is 4.79 Å². The van der Waals surface area contributed by atoms with Crippen LogP contribution in [-0.2, 0) is 0 Å². The minimum Gasteiger partial charge on any atom is -0.385 e. The number of nitrogens with two attached hydrogens (primary N) is 1. The molecule has 1 aromatic rings. The van der Waals surface area contributed by atoms with Crippen molar-refractivity contribution in [2.45, 2.75) is 19.3 Å². The maximum absolute atomic E-state index is 11.0. The van der Waals surface area contributed by atoms with Gasteiger partial charge in [0.2, 0.25) is 5.91 Å². The van der Waals surface area contributed by atoms with Gasteiger partial charge >= 0.3 is 0 Å². The number of hydrogen-bond donors (Lipinski definition) is 2. The molecule has 0 bridgehead atoms. The molecule has 4 nitrogen and oxygen atoms in total. The van der Waals surface area contributed by atoms with Gasteiger partial charge in [0.25, 0.3) is 0 Å². The van der Waals surface area contributed by atoms with E-state index in [0.29, 0.717) is 5.56 Å². The molecule has 4 heteroatoms. The highest BCUT2D eigenvalue weighted by Gasteiger charge is 2.10. The summed E-state index contributed by atoms with van der Waals surface area (Å²) in [6.07, 6.45) is 3.81. The number of likely N-dealkylation sites (tertiary alicyclic amines) is 1. The lowest BCUT2D eigenvalue weighted by Crippen LogP contribution is -2.22. The lowest BCUT2D eigenvalue weighted by atomic mass is 10.2. The van der Waals surface area contributed by atoms with E-state index in [4.69, 9.17) is 5.73 Å². The summed E-state index contributed by atoms with van der Waals surface area (Å²) in [6, 6.07) is 7.35. The summed E-state index contributed by atoms with van der Waals surface area (Å²) in [5.74, 6) is -0.379. The van der Waals surface area contributed by atoms with Gasteiger partial charge < -0.3 is 16.0 Å². The van der Waals surface area contributed by atoms with Crippen molar-refractivity contribution >= 4 is 11.6 Å².